The molecule has 0 fully saturated rings. The first kappa shape index (κ1) is 18.9. The van der Waals surface area contributed by atoms with Crippen LogP contribution in [0.1, 0.15) is 52.4 Å². The molecule has 6 nitrogen and oxygen atoms in total. The first-order chi connectivity index (χ1) is 10.1. The van der Waals surface area contributed by atoms with Crippen LogP contribution in [-0.4, -0.2) is 24.9 Å². The minimum atomic E-state index is -1.32. The lowest BCUT2D eigenvalue weighted by Gasteiger charge is -2.30. The van der Waals surface area contributed by atoms with Gasteiger partial charge in [-0.1, -0.05) is 13.8 Å². The van der Waals surface area contributed by atoms with Crippen molar-refractivity contribution < 1.29 is 9.59 Å². The normalized spacial score (nSPS) is 10.3. The standard InChI is InChI=1S/C15H24N4O2/c1-3-11-18-13(20)15(7-5-9-16,8-6-10-17)14(21)19-12-4-2/h3-8,11-12H2,1-2H3,(H,18,20)(H,19,21). The lowest BCUT2D eigenvalue weighted by atomic mass is 9.77. The lowest BCUT2D eigenvalue weighted by molar-refractivity contribution is -0.144. The Kier molecular flexibility index (Phi) is 9.62. The molecule has 0 aromatic carbocycles. The Morgan fingerprint density at radius 1 is 0.905 bits per heavy atom. The van der Waals surface area contributed by atoms with Gasteiger partial charge in [-0.15, -0.1) is 0 Å². The molecule has 2 amide bonds. The van der Waals surface area contributed by atoms with Crippen LogP contribution in [-0.2, 0) is 9.59 Å². The predicted octanol–water partition coefficient (Wildman–Crippen LogP) is 1.63. The van der Waals surface area contributed by atoms with Gasteiger partial charge in [0.2, 0.25) is 11.8 Å². The fourth-order valence-corrected chi connectivity index (χ4v) is 2.04. The van der Waals surface area contributed by atoms with Crippen LogP contribution in [0.5, 0.6) is 0 Å². The zero-order valence-corrected chi connectivity index (χ0v) is 12.9. The van der Waals surface area contributed by atoms with Gasteiger partial charge in [0, 0.05) is 25.9 Å². The molecule has 0 atom stereocenters. The van der Waals surface area contributed by atoms with E-state index >= 15 is 0 Å². The molecule has 0 saturated carbocycles. The molecule has 0 heterocycles. The van der Waals surface area contributed by atoms with Crippen molar-refractivity contribution in [1.29, 1.82) is 10.5 Å². The van der Waals surface area contributed by atoms with Crippen molar-refractivity contribution in [3.8, 4) is 12.1 Å². The van der Waals surface area contributed by atoms with Gasteiger partial charge in [0.15, 0.2) is 0 Å². The van der Waals surface area contributed by atoms with E-state index in [1.807, 2.05) is 26.0 Å². The van der Waals surface area contributed by atoms with Crippen molar-refractivity contribution in [1.82, 2.24) is 10.6 Å². The molecule has 0 aromatic heterocycles. The molecule has 2 N–H and O–H groups in total. The average Bonchev–Trinajstić information content (AvgIpc) is 2.50. The molecule has 21 heavy (non-hydrogen) atoms. The van der Waals surface area contributed by atoms with Gasteiger partial charge in [-0.25, -0.2) is 0 Å². The fourth-order valence-electron chi connectivity index (χ4n) is 2.04. The van der Waals surface area contributed by atoms with Crippen molar-refractivity contribution in [2.45, 2.75) is 52.4 Å². The maximum atomic E-state index is 12.4. The third-order valence-electron chi connectivity index (χ3n) is 3.27. The molecule has 0 radical (unpaired) electrons. The minimum Gasteiger partial charge on any atom is -0.355 e. The first-order valence-corrected chi connectivity index (χ1v) is 7.39. The maximum Gasteiger partial charge on any atom is 0.235 e. The van der Waals surface area contributed by atoms with Crippen LogP contribution in [0.3, 0.4) is 0 Å². The summed E-state index contributed by atoms with van der Waals surface area (Å²) in [6, 6.07) is 3.96. The number of hydrogen-bond acceptors (Lipinski definition) is 4. The summed E-state index contributed by atoms with van der Waals surface area (Å²) in [5, 5.41) is 23.0. The fraction of sp³-hybridized carbons (Fsp3) is 0.733. The molecule has 0 aromatic rings. The van der Waals surface area contributed by atoms with Crippen LogP contribution < -0.4 is 10.6 Å². The van der Waals surface area contributed by atoms with Crippen molar-refractivity contribution in [2.24, 2.45) is 5.41 Å². The van der Waals surface area contributed by atoms with Crippen LogP contribution >= 0.6 is 0 Å². The molecular formula is C15H24N4O2. The van der Waals surface area contributed by atoms with Crippen LogP contribution in [0.2, 0.25) is 0 Å². The Morgan fingerprint density at radius 3 is 1.57 bits per heavy atom. The van der Waals surface area contributed by atoms with E-state index < -0.39 is 5.41 Å². The van der Waals surface area contributed by atoms with E-state index in [-0.39, 0.29) is 37.5 Å². The summed E-state index contributed by atoms with van der Waals surface area (Å²) in [7, 11) is 0. The number of nitriles is 2. The summed E-state index contributed by atoms with van der Waals surface area (Å²) < 4.78 is 0. The molecule has 0 saturated heterocycles. The highest BCUT2D eigenvalue weighted by atomic mass is 16.2. The van der Waals surface area contributed by atoms with Gasteiger partial charge in [-0.3, -0.25) is 9.59 Å². The summed E-state index contributed by atoms with van der Waals surface area (Å²) >= 11 is 0. The Balaban J connectivity index is 5.29. The van der Waals surface area contributed by atoms with Gasteiger partial charge < -0.3 is 10.6 Å². The van der Waals surface area contributed by atoms with Gasteiger partial charge in [0.05, 0.1) is 12.1 Å². The van der Waals surface area contributed by atoms with E-state index in [1.54, 1.807) is 0 Å². The molecule has 0 aliphatic heterocycles. The second kappa shape index (κ2) is 10.7. The van der Waals surface area contributed by atoms with Gasteiger partial charge in [-0.2, -0.15) is 10.5 Å². The summed E-state index contributed by atoms with van der Waals surface area (Å²) in [4.78, 5) is 24.9. The van der Waals surface area contributed by atoms with Gasteiger partial charge in [0.25, 0.3) is 0 Å². The molecular weight excluding hydrogens is 268 g/mol. The number of carbonyl (C=O) groups is 2. The molecule has 0 unspecified atom stereocenters. The van der Waals surface area contributed by atoms with Gasteiger partial charge in [-0.05, 0) is 25.7 Å². The smallest absolute Gasteiger partial charge is 0.235 e. The van der Waals surface area contributed by atoms with Crippen molar-refractivity contribution in [3.63, 3.8) is 0 Å². The second-order valence-electron chi connectivity index (χ2n) is 4.91. The largest absolute Gasteiger partial charge is 0.355 e. The highest BCUT2D eigenvalue weighted by molar-refractivity contribution is 6.05. The maximum absolute atomic E-state index is 12.4. The summed E-state index contributed by atoms with van der Waals surface area (Å²) in [6.45, 7) is 4.79. The third-order valence-corrected chi connectivity index (χ3v) is 3.27. The Hall–Kier alpha value is -2.08. The number of hydrogen-bond donors (Lipinski definition) is 2. The van der Waals surface area contributed by atoms with E-state index in [0.29, 0.717) is 13.1 Å². The topological polar surface area (TPSA) is 106 Å². The Bertz CT molecular complexity index is 380. The highest BCUT2D eigenvalue weighted by Gasteiger charge is 2.44. The number of nitrogens with zero attached hydrogens (tertiary/aromatic N) is 2. The second-order valence-corrected chi connectivity index (χ2v) is 4.91. The molecule has 0 spiro atoms. The number of carbonyl (C=O) groups excluding carboxylic acids is 2. The molecule has 0 bridgehead atoms. The van der Waals surface area contributed by atoms with E-state index in [0.717, 1.165) is 12.8 Å². The van der Waals surface area contributed by atoms with Crippen LogP contribution in [0, 0.1) is 28.1 Å². The summed E-state index contributed by atoms with van der Waals surface area (Å²) in [6.07, 6.45) is 1.99. The molecule has 0 aliphatic carbocycles. The first-order valence-electron chi connectivity index (χ1n) is 7.39. The van der Waals surface area contributed by atoms with Crippen molar-refractivity contribution in [3.05, 3.63) is 0 Å². The average molecular weight is 292 g/mol. The monoisotopic (exact) mass is 292 g/mol. The summed E-state index contributed by atoms with van der Waals surface area (Å²) in [5.41, 5.74) is -1.32. The van der Waals surface area contributed by atoms with E-state index in [4.69, 9.17) is 10.5 Å². The zero-order chi connectivity index (χ0) is 16.1. The van der Waals surface area contributed by atoms with Crippen molar-refractivity contribution in [2.75, 3.05) is 13.1 Å². The third kappa shape index (κ3) is 5.83. The Morgan fingerprint density at radius 2 is 1.29 bits per heavy atom. The molecule has 0 rings (SSSR count). The SMILES string of the molecule is CCCNC(=O)C(CCC#N)(CCC#N)C(=O)NCCC. The predicted molar refractivity (Wildman–Crippen MR) is 78.7 cm³/mol. The van der Waals surface area contributed by atoms with Crippen LogP contribution in [0.25, 0.3) is 0 Å². The zero-order valence-electron chi connectivity index (χ0n) is 12.9. The minimum absolute atomic E-state index is 0.102. The lowest BCUT2D eigenvalue weighted by Crippen LogP contribution is -2.51. The van der Waals surface area contributed by atoms with Crippen molar-refractivity contribution >= 4 is 11.8 Å². The Labute approximate surface area is 126 Å². The van der Waals surface area contributed by atoms with Crippen LogP contribution in [0.4, 0.5) is 0 Å². The number of rotatable bonds is 10. The highest BCUT2D eigenvalue weighted by Crippen LogP contribution is 2.31. The molecule has 116 valence electrons. The molecule has 0 aliphatic rings. The summed E-state index contributed by atoms with van der Waals surface area (Å²) in [5.74, 6) is -0.771. The van der Waals surface area contributed by atoms with E-state index in [9.17, 15) is 9.59 Å². The molecule has 6 heteroatoms. The number of nitrogens with one attached hydrogen (secondary N) is 2. The quantitative estimate of drug-likeness (QED) is 0.597. The van der Waals surface area contributed by atoms with Crippen LogP contribution in [0.15, 0.2) is 0 Å². The van der Waals surface area contributed by atoms with E-state index in [2.05, 4.69) is 10.6 Å². The number of amides is 2. The van der Waals surface area contributed by atoms with E-state index in [1.165, 1.54) is 0 Å². The van der Waals surface area contributed by atoms with Gasteiger partial charge >= 0.3 is 0 Å². The van der Waals surface area contributed by atoms with Gasteiger partial charge in [0.1, 0.15) is 5.41 Å².